The van der Waals surface area contributed by atoms with Crippen LogP contribution in [0, 0.1) is 11.8 Å². The second-order valence-corrected chi connectivity index (χ2v) is 4.32. The van der Waals surface area contributed by atoms with E-state index in [4.69, 9.17) is 5.73 Å². The number of nitrogens with zero attached hydrogens (tertiary/aromatic N) is 1. The maximum absolute atomic E-state index is 12.8. The minimum absolute atomic E-state index is 0.497. The smallest absolute Gasteiger partial charge is 0.0976 e. The number of hydrogen-bond donors (Lipinski definition) is 1. The minimum Gasteiger partial charge on any atom is -0.330 e. The molecule has 3 atom stereocenters. The van der Waals surface area contributed by atoms with Crippen molar-refractivity contribution in [2.45, 2.75) is 25.9 Å². The summed E-state index contributed by atoms with van der Waals surface area (Å²) >= 11 is 0. The molecule has 78 valence electrons. The topological polar surface area (TPSA) is 29.3 Å². The van der Waals surface area contributed by atoms with E-state index in [1.807, 2.05) is 0 Å². The first-order chi connectivity index (χ1) is 6.13. The second kappa shape index (κ2) is 4.91. The molecule has 0 aromatic carbocycles. The van der Waals surface area contributed by atoms with Crippen LogP contribution in [0.25, 0.3) is 0 Å². The summed E-state index contributed by atoms with van der Waals surface area (Å²) in [6.45, 7) is 4.47. The van der Waals surface area contributed by atoms with Gasteiger partial charge in [-0.25, -0.2) is 4.39 Å². The molecule has 0 radical (unpaired) electrons. The Balaban J connectivity index is 2.42. The number of hydrogen-bond acceptors (Lipinski definition) is 2. The standard InChI is InChI=1S/C10H21FN2/c1-8(11)5-9-3-4-13(2)7-10(9)6-12/h8-10H,3-7,12H2,1-2H3. The molecule has 1 aliphatic heterocycles. The van der Waals surface area contributed by atoms with Gasteiger partial charge in [0.05, 0.1) is 6.17 Å². The highest BCUT2D eigenvalue weighted by molar-refractivity contribution is 4.80. The molecule has 0 spiro atoms. The Labute approximate surface area is 80.3 Å². The van der Waals surface area contributed by atoms with Gasteiger partial charge >= 0.3 is 0 Å². The lowest BCUT2D eigenvalue weighted by molar-refractivity contribution is 0.120. The predicted molar refractivity (Wildman–Crippen MR) is 53.3 cm³/mol. The van der Waals surface area contributed by atoms with E-state index in [9.17, 15) is 4.39 Å². The van der Waals surface area contributed by atoms with Crippen molar-refractivity contribution in [3.05, 3.63) is 0 Å². The lowest BCUT2D eigenvalue weighted by atomic mass is 9.82. The van der Waals surface area contributed by atoms with Crippen LogP contribution < -0.4 is 5.73 Å². The Bertz CT molecular complexity index is 150. The van der Waals surface area contributed by atoms with Gasteiger partial charge in [0.15, 0.2) is 0 Å². The molecular weight excluding hydrogens is 167 g/mol. The number of likely N-dealkylation sites (tertiary alicyclic amines) is 1. The van der Waals surface area contributed by atoms with E-state index in [0.29, 0.717) is 24.8 Å². The molecule has 0 aromatic rings. The summed E-state index contributed by atoms with van der Waals surface area (Å²) in [6.07, 6.45) is 1.12. The van der Waals surface area contributed by atoms with Crippen molar-refractivity contribution in [2.75, 3.05) is 26.7 Å². The predicted octanol–water partition coefficient (Wildman–Crippen LogP) is 1.26. The van der Waals surface area contributed by atoms with E-state index >= 15 is 0 Å². The summed E-state index contributed by atoms with van der Waals surface area (Å²) in [6, 6.07) is 0. The number of nitrogens with two attached hydrogens (primary N) is 1. The molecule has 2 N–H and O–H groups in total. The SMILES string of the molecule is CC(F)CC1CCN(C)CC1CN. The van der Waals surface area contributed by atoms with Gasteiger partial charge in [0.1, 0.15) is 0 Å². The zero-order valence-electron chi connectivity index (χ0n) is 8.67. The van der Waals surface area contributed by atoms with E-state index < -0.39 is 6.17 Å². The van der Waals surface area contributed by atoms with Crippen LogP contribution in [0.1, 0.15) is 19.8 Å². The van der Waals surface area contributed by atoms with E-state index in [-0.39, 0.29) is 0 Å². The third-order valence-corrected chi connectivity index (χ3v) is 3.02. The lowest BCUT2D eigenvalue weighted by Crippen LogP contribution is -2.42. The number of halogens is 1. The largest absolute Gasteiger partial charge is 0.330 e. The fraction of sp³-hybridized carbons (Fsp3) is 1.00. The molecule has 1 heterocycles. The number of alkyl halides is 1. The van der Waals surface area contributed by atoms with Gasteiger partial charge < -0.3 is 10.6 Å². The molecule has 1 fully saturated rings. The molecule has 0 aliphatic carbocycles. The first kappa shape index (κ1) is 10.9. The van der Waals surface area contributed by atoms with E-state index in [1.54, 1.807) is 6.92 Å². The molecule has 0 amide bonds. The van der Waals surface area contributed by atoms with Crippen molar-refractivity contribution in [3.63, 3.8) is 0 Å². The molecule has 13 heavy (non-hydrogen) atoms. The van der Waals surface area contributed by atoms with Gasteiger partial charge in [0, 0.05) is 6.54 Å². The molecule has 3 unspecified atom stereocenters. The number of rotatable bonds is 3. The zero-order chi connectivity index (χ0) is 9.84. The fourth-order valence-electron chi connectivity index (χ4n) is 2.26. The van der Waals surface area contributed by atoms with Crippen LogP contribution in [0.15, 0.2) is 0 Å². The van der Waals surface area contributed by atoms with Gasteiger partial charge in [-0.2, -0.15) is 0 Å². The average molecular weight is 188 g/mol. The van der Waals surface area contributed by atoms with Gasteiger partial charge in [-0.15, -0.1) is 0 Å². The molecule has 0 saturated carbocycles. The van der Waals surface area contributed by atoms with Crippen molar-refractivity contribution >= 4 is 0 Å². The minimum atomic E-state index is -0.678. The highest BCUT2D eigenvalue weighted by Gasteiger charge is 2.27. The van der Waals surface area contributed by atoms with Crippen molar-refractivity contribution in [1.29, 1.82) is 0 Å². The van der Waals surface area contributed by atoms with Crippen LogP contribution in [-0.4, -0.2) is 37.8 Å². The Hall–Kier alpha value is -0.150. The van der Waals surface area contributed by atoms with Crippen LogP contribution in [0.5, 0.6) is 0 Å². The van der Waals surface area contributed by atoms with Crippen LogP contribution in [-0.2, 0) is 0 Å². The Morgan fingerprint density at radius 3 is 2.77 bits per heavy atom. The van der Waals surface area contributed by atoms with Crippen molar-refractivity contribution in [1.82, 2.24) is 4.90 Å². The van der Waals surface area contributed by atoms with Crippen LogP contribution >= 0.6 is 0 Å². The summed E-state index contributed by atoms with van der Waals surface area (Å²) in [5.41, 5.74) is 5.68. The molecule has 1 saturated heterocycles. The highest BCUT2D eigenvalue weighted by Crippen LogP contribution is 2.26. The Morgan fingerprint density at radius 1 is 1.54 bits per heavy atom. The summed E-state index contributed by atoms with van der Waals surface area (Å²) in [4.78, 5) is 2.29. The van der Waals surface area contributed by atoms with Crippen molar-refractivity contribution in [3.8, 4) is 0 Å². The van der Waals surface area contributed by atoms with Gasteiger partial charge in [-0.1, -0.05) is 0 Å². The summed E-state index contributed by atoms with van der Waals surface area (Å²) in [5, 5.41) is 0. The fourth-order valence-corrected chi connectivity index (χ4v) is 2.26. The molecule has 1 rings (SSSR count). The highest BCUT2D eigenvalue weighted by atomic mass is 19.1. The molecule has 3 heteroatoms. The van der Waals surface area contributed by atoms with Gasteiger partial charge in [0.25, 0.3) is 0 Å². The van der Waals surface area contributed by atoms with Gasteiger partial charge in [0.2, 0.25) is 0 Å². The van der Waals surface area contributed by atoms with Crippen molar-refractivity contribution in [2.24, 2.45) is 17.6 Å². The normalized spacial score (nSPS) is 33.2. The molecule has 2 nitrogen and oxygen atoms in total. The van der Waals surface area contributed by atoms with Crippen LogP contribution in [0.4, 0.5) is 4.39 Å². The first-order valence-corrected chi connectivity index (χ1v) is 5.16. The van der Waals surface area contributed by atoms with Gasteiger partial charge in [-0.3, -0.25) is 0 Å². The Morgan fingerprint density at radius 2 is 2.23 bits per heavy atom. The average Bonchev–Trinajstić information content (AvgIpc) is 2.07. The van der Waals surface area contributed by atoms with E-state index in [0.717, 1.165) is 19.5 Å². The zero-order valence-corrected chi connectivity index (χ0v) is 8.67. The molecular formula is C10H21FN2. The quantitative estimate of drug-likeness (QED) is 0.722. The Kier molecular flexibility index (Phi) is 4.13. The maximum Gasteiger partial charge on any atom is 0.0976 e. The first-order valence-electron chi connectivity index (χ1n) is 5.16. The summed E-state index contributed by atoms with van der Waals surface area (Å²) < 4.78 is 12.8. The van der Waals surface area contributed by atoms with Crippen LogP contribution in [0.3, 0.4) is 0 Å². The van der Waals surface area contributed by atoms with Crippen molar-refractivity contribution < 1.29 is 4.39 Å². The monoisotopic (exact) mass is 188 g/mol. The third kappa shape index (κ3) is 3.24. The third-order valence-electron chi connectivity index (χ3n) is 3.02. The van der Waals surface area contributed by atoms with E-state index in [2.05, 4.69) is 11.9 Å². The lowest BCUT2D eigenvalue weighted by Gasteiger charge is -2.36. The summed E-state index contributed by atoms with van der Waals surface area (Å²) in [5.74, 6) is 0.998. The van der Waals surface area contributed by atoms with E-state index in [1.165, 1.54) is 0 Å². The second-order valence-electron chi connectivity index (χ2n) is 4.32. The molecule has 0 bridgehead atoms. The molecule has 1 aliphatic rings. The number of piperidine rings is 1. The van der Waals surface area contributed by atoms with Crippen LogP contribution in [0.2, 0.25) is 0 Å². The summed E-state index contributed by atoms with van der Waals surface area (Å²) in [7, 11) is 2.11. The molecule has 0 aromatic heterocycles. The maximum atomic E-state index is 12.8. The van der Waals surface area contributed by atoms with Gasteiger partial charge in [-0.05, 0) is 51.7 Å².